The average molecular weight is 287 g/mol. The number of hydrogen-bond acceptors (Lipinski definition) is 5. The van der Waals surface area contributed by atoms with Crippen molar-refractivity contribution in [2.75, 3.05) is 11.4 Å². The third kappa shape index (κ3) is 2.26. The van der Waals surface area contributed by atoms with Crippen LogP contribution >= 0.6 is 0 Å². The van der Waals surface area contributed by atoms with Crippen molar-refractivity contribution >= 4 is 28.7 Å². The Balaban J connectivity index is 2.11. The molecule has 0 radical (unpaired) electrons. The van der Waals surface area contributed by atoms with E-state index >= 15 is 0 Å². The molecular weight excluding hydrogens is 274 g/mol. The Kier molecular flexibility index (Phi) is 3.17. The van der Waals surface area contributed by atoms with E-state index in [1.165, 1.54) is 18.5 Å². The Morgan fingerprint density at radius 1 is 1.24 bits per heavy atom. The van der Waals surface area contributed by atoms with Gasteiger partial charge < -0.3 is 15.1 Å². The maximum atomic E-state index is 11.3. The van der Waals surface area contributed by atoms with Crippen LogP contribution < -0.4 is 4.90 Å². The second-order valence-corrected chi connectivity index (χ2v) is 4.92. The lowest BCUT2D eigenvalue weighted by molar-refractivity contribution is -0.138. The van der Waals surface area contributed by atoms with Gasteiger partial charge in [0.2, 0.25) is 0 Å². The molecule has 0 amide bonds. The molecule has 0 saturated carbocycles. The van der Waals surface area contributed by atoms with Crippen molar-refractivity contribution in [3.63, 3.8) is 0 Å². The zero-order chi connectivity index (χ0) is 15.0. The summed E-state index contributed by atoms with van der Waals surface area (Å²) >= 11 is 0. The van der Waals surface area contributed by atoms with Crippen LogP contribution in [0.1, 0.15) is 23.2 Å². The normalized spacial score (nSPS) is 18.1. The van der Waals surface area contributed by atoms with Crippen LogP contribution in [0.5, 0.6) is 0 Å². The molecule has 108 valence electrons. The van der Waals surface area contributed by atoms with Gasteiger partial charge in [-0.15, -0.1) is 0 Å². The van der Waals surface area contributed by atoms with Crippen LogP contribution in [0.2, 0.25) is 0 Å². The molecular formula is C14H13N3O4. The predicted molar refractivity (Wildman–Crippen MR) is 74.5 cm³/mol. The Labute approximate surface area is 119 Å². The lowest BCUT2D eigenvalue weighted by atomic mass is 10.1. The van der Waals surface area contributed by atoms with Crippen LogP contribution in [0.25, 0.3) is 10.9 Å². The number of aromatic carboxylic acids is 1. The number of rotatable bonds is 3. The molecule has 2 aromatic rings. The summed E-state index contributed by atoms with van der Waals surface area (Å²) in [7, 11) is 0. The fourth-order valence-electron chi connectivity index (χ4n) is 2.68. The maximum Gasteiger partial charge on any atom is 0.335 e. The molecule has 0 unspecified atom stereocenters. The number of hydrogen-bond donors (Lipinski definition) is 2. The minimum atomic E-state index is -1.03. The molecule has 1 saturated heterocycles. The summed E-state index contributed by atoms with van der Waals surface area (Å²) in [6.07, 6.45) is 2.70. The summed E-state index contributed by atoms with van der Waals surface area (Å²) in [6, 6.07) is 3.98. The molecule has 1 aliphatic heterocycles. The van der Waals surface area contributed by atoms with Crippen LogP contribution in [0.15, 0.2) is 24.5 Å². The second kappa shape index (κ2) is 5.01. The summed E-state index contributed by atoms with van der Waals surface area (Å²) in [4.78, 5) is 32.3. The first-order valence-corrected chi connectivity index (χ1v) is 6.55. The average Bonchev–Trinajstić information content (AvgIpc) is 2.95. The van der Waals surface area contributed by atoms with E-state index in [9.17, 15) is 14.7 Å². The van der Waals surface area contributed by atoms with E-state index in [1.54, 1.807) is 11.0 Å². The molecule has 7 heteroatoms. The summed E-state index contributed by atoms with van der Waals surface area (Å²) in [5.41, 5.74) is 0.638. The van der Waals surface area contributed by atoms with Gasteiger partial charge in [-0.3, -0.25) is 0 Å². The lowest BCUT2D eigenvalue weighted by Crippen LogP contribution is -2.36. The Morgan fingerprint density at radius 3 is 2.76 bits per heavy atom. The number of aromatic nitrogens is 2. The SMILES string of the molecule is O=C(O)c1ccc2c(N3CCC[C@@H]3C(=O)O)ncnc2c1. The molecule has 3 rings (SSSR count). The van der Waals surface area contributed by atoms with Gasteiger partial charge in [0.15, 0.2) is 0 Å². The first-order valence-electron chi connectivity index (χ1n) is 6.55. The molecule has 21 heavy (non-hydrogen) atoms. The molecule has 1 aromatic heterocycles. The van der Waals surface area contributed by atoms with E-state index in [0.29, 0.717) is 29.7 Å². The summed E-state index contributed by atoms with van der Waals surface area (Å²) in [6.45, 7) is 0.615. The number of fused-ring (bicyclic) bond motifs is 1. The Morgan fingerprint density at radius 2 is 2.05 bits per heavy atom. The van der Waals surface area contributed by atoms with Crippen molar-refractivity contribution in [3.05, 3.63) is 30.1 Å². The standard InChI is InChI=1S/C14H13N3O4/c18-13(19)8-3-4-9-10(6-8)15-7-16-12(9)17-5-1-2-11(17)14(20)21/h3-4,6-7,11H,1-2,5H2,(H,18,19)(H,20,21)/t11-/m1/s1. The number of benzene rings is 1. The highest BCUT2D eigenvalue weighted by atomic mass is 16.4. The topological polar surface area (TPSA) is 104 Å². The van der Waals surface area contributed by atoms with Crippen molar-refractivity contribution in [1.29, 1.82) is 0 Å². The Bertz CT molecular complexity index is 731. The van der Waals surface area contributed by atoms with Crippen molar-refractivity contribution in [3.8, 4) is 0 Å². The van der Waals surface area contributed by atoms with Gasteiger partial charge in [0, 0.05) is 11.9 Å². The molecule has 2 N–H and O–H groups in total. The molecule has 1 aromatic carbocycles. The van der Waals surface area contributed by atoms with E-state index in [1.807, 2.05) is 0 Å². The van der Waals surface area contributed by atoms with E-state index in [2.05, 4.69) is 9.97 Å². The number of carbonyl (C=O) groups is 2. The maximum absolute atomic E-state index is 11.3. The number of anilines is 1. The summed E-state index contributed by atoms with van der Waals surface area (Å²) < 4.78 is 0. The van der Waals surface area contributed by atoms with E-state index in [-0.39, 0.29) is 5.56 Å². The van der Waals surface area contributed by atoms with Gasteiger partial charge in [-0.05, 0) is 31.0 Å². The third-order valence-corrected chi connectivity index (χ3v) is 3.67. The molecule has 1 atom stereocenters. The van der Waals surface area contributed by atoms with Crippen molar-refractivity contribution in [2.45, 2.75) is 18.9 Å². The summed E-state index contributed by atoms with van der Waals surface area (Å²) in [5.74, 6) is -1.36. The highest BCUT2D eigenvalue weighted by Crippen LogP contribution is 2.30. The number of nitrogens with zero attached hydrogens (tertiary/aromatic N) is 3. The van der Waals surface area contributed by atoms with Gasteiger partial charge in [-0.1, -0.05) is 0 Å². The molecule has 2 heterocycles. The molecule has 1 fully saturated rings. The highest BCUT2D eigenvalue weighted by Gasteiger charge is 2.32. The molecule has 1 aliphatic rings. The monoisotopic (exact) mass is 287 g/mol. The van der Waals surface area contributed by atoms with Crippen molar-refractivity contribution in [1.82, 2.24) is 9.97 Å². The van der Waals surface area contributed by atoms with Gasteiger partial charge in [0.1, 0.15) is 18.2 Å². The molecule has 0 bridgehead atoms. The van der Waals surface area contributed by atoms with Crippen LogP contribution in [0.3, 0.4) is 0 Å². The molecule has 7 nitrogen and oxygen atoms in total. The fourth-order valence-corrected chi connectivity index (χ4v) is 2.68. The summed E-state index contributed by atoms with van der Waals surface area (Å²) in [5, 5.41) is 18.9. The Hall–Kier alpha value is -2.70. The van der Waals surface area contributed by atoms with Crippen molar-refractivity contribution in [2.24, 2.45) is 0 Å². The van der Waals surface area contributed by atoms with Crippen LogP contribution in [-0.2, 0) is 4.79 Å². The van der Waals surface area contributed by atoms with E-state index in [0.717, 1.165) is 6.42 Å². The highest BCUT2D eigenvalue weighted by molar-refractivity contribution is 5.97. The largest absolute Gasteiger partial charge is 0.480 e. The second-order valence-electron chi connectivity index (χ2n) is 4.92. The predicted octanol–water partition coefficient (Wildman–Crippen LogP) is 1.38. The van der Waals surface area contributed by atoms with Gasteiger partial charge in [-0.25, -0.2) is 19.6 Å². The molecule has 0 aliphatic carbocycles. The van der Waals surface area contributed by atoms with E-state index in [4.69, 9.17) is 5.11 Å². The lowest BCUT2D eigenvalue weighted by Gasteiger charge is -2.23. The minimum Gasteiger partial charge on any atom is -0.480 e. The van der Waals surface area contributed by atoms with E-state index < -0.39 is 18.0 Å². The number of aliphatic carboxylic acids is 1. The first kappa shape index (κ1) is 13.3. The van der Waals surface area contributed by atoms with Crippen LogP contribution in [0.4, 0.5) is 5.82 Å². The quantitative estimate of drug-likeness (QED) is 0.878. The first-order chi connectivity index (χ1) is 10.1. The fraction of sp³-hybridized carbons (Fsp3) is 0.286. The van der Waals surface area contributed by atoms with Crippen LogP contribution in [-0.4, -0.2) is 44.7 Å². The van der Waals surface area contributed by atoms with Crippen LogP contribution in [0, 0.1) is 0 Å². The van der Waals surface area contributed by atoms with Gasteiger partial charge >= 0.3 is 11.9 Å². The smallest absolute Gasteiger partial charge is 0.335 e. The van der Waals surface area contributed by atoms with Gasteiger partial charge in [0.25, 0.3) is 0 Å². The van der Waals surface area contributed by atoms with Gasteiger partial charge in [0.05, 0.1) is 11.1 Å². The molecule has 0 spiro atoms. The van der Waals surface area contributed by atoms with Crippen molar-refractivity contribution < 1.29 is 19.8 Å². The zero-order valence-corrected chi connectivity index (χ0v) is 11.1. The number of carboxylic acid groups (broad SMARTS) is 2. The number of carboxylic acids is 2. The zero-order valence-electron chi connectivity index (χ0n) is 11.1. The third-order valence-electron chi connectivity index (χ3n) is 3.67. The van der Waals surface area contributed by atoms with Gasteiger partial charge in [-0.2, -0.15) is 0 Å². The minimum absolute atomic E-state index is 0.142.